The normalized spacial score (nSPS) is 21.0. The van der Waals surface area contributed by atoms with Crippen molar-refractivity contribution in [2.75, 3.05) is 31.6 Å². The fourth-order valence-electron chi connectivity index (χ4n) is 2.53. The molecule has 1 aromatic rings. The molecule has 0 saturated carbocycles. The van der Waals surface area contributed by atoms with Crippen LogP contribution in [0, 0.1) is 10.1 Å². The van der Waals surface area contributed by atoms with Crippen molar-refractivity contribution in [3.05, 3.63) is 32.8 Å². The number of hydrogen-bond donors (Lipinski definition) is 1. The lowest BCUT2D eigenvalue weighted by molar-refractivity contribution is -0.384. The molecule has 0 aliphatic carbocycles. The van der Waals surface area contributed by atoms with E-state index in [1.165, 1.54) is 12.1 Å². The Morgan fingerprint density at radius 3 is 3.00 bits per heavy atom. The van der Waals surface area contributed by atoms with E-state index >= 15 is 0 Å². The number of halogens is 1. The van der Waals surface area contributed by atoms with Crippen molar-refractivity contribution in [2.24, 2.45) is 0 Å². The third-order valence-corrected chi connectivity index (χ3v) is 4.39. The highest BCUT2D eigenvalue weighted by Crippen LogP contribution is 2.27. The lowest BCUT2D eigenvalue weighted by Crippen LogP contribution is -2.50. The Kier molecular flexibility index (Phi) is 5.55. The predicted octanol–water partition coefficient (Wildman–Crippen LogP) is 2.88. The molecule has 1 N–H and O–H groups in total. The molecule has 0 radical (unpaired) electrons. The number of nitro benzene ring substituents is 1. The van der Waals surface area contributed by atoms with Crippen molar-refractivity contribution in [1.29, 1.82) is 0 Å². The molecule has 0 amide bonds. The summed E-state index contributed by atoms with van der Waals surface area (Å²) in [5.41, 5.74) is 0.954. The minimum absolute atomic E-state index is 0.0854. The van der Waals surface area contributed by atoms with Gasteiger partial charge < -0.3 is 10.1 Å². The Balaban J connectivity index is 1.94. The second-order valence-corrected chi connectivity index (χ2v) is 6.17. The van der Waals surface area contributed by atoms with E-state index in [4.69, 9.17) is 4.74 Å². The summed E-state index contributed by atoms with van der Waals surface area (Å²) in [4.78, 5) is 12.7. The Morgan fingerprint density at radius 2 is 2.38 bits per heavy atom. The van der Waals surface area contributed by atoms with Crippen LogP contribution in [0.2, 0.25) is 0 Å². The van der Waals surface area contributed by atoms with Crippen molar-refractivity contribution in [3.63, 3.8) is 0 Å². The molecule has 1 fully saturated rings. The van der Waals surface area contributed by atoms with Gasteiger partial charge >= 0.3 is 0 Å². The number of non-ortho nitro benzene ring substituents is 1. The number of anilines is 1. The van der Waals surface area contributed by atoms with Gasteiger partial charge in [0.15, 0.2) is 0 Å². The molecule has 0 bridgehead atoms. The van der Waals surface area contributed by atoms with Crippen LogP contribution < -0.4 is 5.32 Å². The van der Waals surface area contributed by atoms with Crippen LogP contribution in [0.25, 0.3) is 0 Å². The quantitative estimate of drug-likeness (QED) is 0.648. The second kappa shape index (κ2) is 7.20. The zero-order valence-electron chi connectivity index (χ0n) is 12.2. The van der Waals surface area contributed by atoms with E-state index in [-0.39, 0.29) is 5.69 Å². The van der Waals surface area contributed by atoms with Crippen LogP contribution in [-0.4, -0.2) is 48.2 Å². The average molecular weight is 358 g/mol. The molecule has 7 heteroatoms. The Morgan fingerprint density at radius 1 is 1.62 bits per heavy atom. The number of rotatable bonds is 5. The molecule has 0 spiro atoms. The number of nitro groups is 1. The van der Waals surface area contributed by atoms with Crippen LogP contribution in [0.15, 0.2) is 22.7 Å². The number of ether oxygens (including phenoxy) is 1. The van der Waals surface area contributed by atoms with Crippen molar-refractivity contribution >= 4 is 27.3 Å². The van der Waals surface area contributed by atoms with Crippen LogP contribution in [-0.2, 0) is 4.74 Å². The molecule has 0 aromatic heterocycles. The van der Waals surface area contributed by atoms with Gasteiger partial charge in [-0.25, -0.2) is 0 Å². The smallest absolute Gasteiger partial charge is 0.270 e. The van der Waals surface area contributed by atoms with Crippen LogP contribution in [0.1, 0.15) is 13.8 Å². The summed E-state index contributed by atoms with van der Waals surface area (Å²) in [5, 5.41) is 14.1. The lowest BCUT2D eigenvalue weighted by atomic mass is 10.1. The Bertz CT molecular complexity index is 512. The van der Waals surface area contributed by atoms with Crippen LogP contribution in [0.5, 0.6) is 0 Å². The van der Waals surface area contributed by atoms with Gasteiger partial charge in [0.1, 0.15) is 0 Å². The third kappa shape index (κ3) is 4.15. The van der Waals surface area contributed by atoms with Gasteiger partial charge in [-0.3, -0.25) is 15.0 Å². The van der Waals surface area contributed by atoms with E-state index in [0.29, 0.717) is 16.6 Å². The molecule has 1 aliphatic heterocycles. The molecule has 2 unspecified atom stereocenters. The zero-order chi connectivity index (χ0) is 15.4. The van der Waals surface area contributed by atoms with Crippen molar-refractivity contribution in [2.45, 2.75) is 25.9 Å². The first kappa shape index (κ1) is 16.2. The molecule has 2 atom stereocenters. The maximum absolute atomic E-state index is 10.7. The molecule has 21 heavy (non-hydrogen) atoms. The SMILES string of the molecule is CC(CNc1ccc([N+](=O)[O-])cc1Br)N1CCOCC1C. The maximum atomic E-state index is 10.7. The molecule has 1 aliphatic rings. The zero-order valence-corrected chi connectivity index (χ0v) is 13.8. The Labute approximate surface area is 132 Å². The van der Waals surface area contributed by atoms with Gasteiger partial charge in [0.2, 0.25) is 0 Å². The standard InChI is InChI=1S/C14H20BrN3O3/c1-10(17-5-6-21-9-11(17)2)8-16-14-4-3-12(18(19)20)7-13(14)15/h3-4,7,10-11,16H,5-6,8-9H2,1-2H3. The largest absolute Gasteiger partial charge is 0.383 e. The van der Waals surface area contributed by atoms with Gasteiger partial charge in [-0.15, -0.1) is 0 Å². The summed E-state index contributed by atoms with van der Waals surface area (Å²) < 4.78 is 6.15. The fraction of sp³-hybridized carbons (Fsp3) is 0.571. The van der Waals surface area contributed by atoms with E-state index in [2.05, 4.69) is 40.0 Å². The number of hydrogen-bond acceptors (Lipinski definition) is 5. The van der Waals surface area contributed by atoms with Gasteiger partial charge in [0.25, 0.3) is 5.69 Å². The van der Waals surface area contributed by atoms with Gasteiger partial charge in [-0.2, -0.15) is 0 Å². The van der Waals surface area contributed by atoms with Crippen molar-refractivity contribution in [3.8, 4) is 0 Å². The molecular weight excluding hydrogens is 338 g/mol. The molecule has 6 nitrogen and oxygen atoms in total. The maximum Gasteiger partial charge on any atom is 0.270 e. The van der Waals surface area contributed by atoms with Gasteiger partial charge in [0, 0.05) is 47.5 Å². The summed E-state index contributed by atoms with van der Waals surface area (Å²) in [6, 6.07) is 5.54. The van der Waals surface area contributed by atoms with E-state index in [9.17, 15) is 10.1 Å². The minimum Gasteiger partial charge on any atom is -0.383 e. The summed E-state index contributed by atoms with van der Waals surface area (Å²) in [6.07, 6.45) is 0. The van der Waals surface area contributed by atoms with E-state index in [1.807, 2.05) is 0 Å². The van der Waals surface area contributed by atoms with E-state index in [1.54, 1.807) is 6.07 Å². The van der Waals surface area contributed by atoms with Crippen molar-refractivity contribution in [1.82, 2.24) is 4.90 Å². The Hall–Kier alpha value is -1.18. The van der Waals surface area contributed by atoms with Crippen LogP contribution >= 0.6 is 15.9 Å². The highest BCUT2D eigenvalue weighted by molar-refractivity contribution is 9.10. The lowest BCUT2D eigenvalue weighted by Gasteiger charge is -2.38. The number of morpholine rings is 1. The topological polar surface area (TPSA) is 67.6 Å². The average Bonchev–Trinajstić information content (AvgIpc) is 2.46. The number of benzene rings is 1. The first-order chi connectivity index (χ1) is 9.99. The summed E-state index contributed by atoms with van der Waals surface area (Å²) in [5.74, 6) is 0. The summed E-state index contributed by atoms with van der Waals surface area (Å²) >= 11 is 3.37. The third-order valence-electron chi connectivity index (χ3n) is 3.74. The highest BCUT2D eigenvalue weighted by atomic mass is 79.9. The first-order valence-electron chi connectivity index (χ1n) is 7.00. The van der Waals surface area contributed by atoms with Gasteiger partial charge in [0.05, 0.1) is 18.1 Å². The van der Waals surface area contributed by atoms with Crippen LogP contribution in [0.3, 0.4) is 0 Å². The molecule has 1 saturated heterocycles. The number of nitrogens with zero attached hydrogens (tertiary/aromatic N) is 2. The monoisotopic (exact) mass is 357 g/mol. The molecule has 1 heterocycles. The highest BCUT2D eigenvalue weighted by Gasteiger charge is 2.23. The molecule has 2 rings (SSSR count). The molecule has 116 valence electrons. The first-order valence-corrected chi connectivity index (χ1v) is 7.79. The summed E-state index contributed by atoms with van der Waals surface area (Å²) in [6.45, 7) is 7.60. The van der Waals surface area contributed by atoms with Crippen molar-refractivity contribution < 1.29 is 9.66 Å². The molecular formula is C14H20BrN3O3. The van der Waals surface area contributed by atoms with Gasteiger partial charge in [-0.1, -0.05) is 0 Å². The van der Waals surface area contributed by atoms with Crippen LogP contribution in [0.4, 0.5) is 11.4 Å². The molecule has 1 aromatic carbocycles. The van der Waals surface area contributed by atoms with E-state index in [0.717, 1.165) is 32.0 Å². The van der Waals surface area contributed by atoms with Gasteiger partial charge in [-0.05, 0) is 35.8 Å². The minimum atomic E-state index is -0.396. The number of nitrogens with one attached hydrogen (secondary N) is 1. The fourth-order valence-corrected chi connectivity index (χ4v) is 3.04. The second-order valence-electron chi connectivity index (χ2n) is 5.31. The summed E-state index contributed by atoms with van der Waals surface area (Å²) in [7, 11) is 0. The predicted molar refractivity (Wildman–Crippen MR) is 85.7 cm³/mol. The van der Waals surface area contributed by atoms with E-state index < -0.39 is 4.92 Å².